The van der Waals surface area contributed by atoms with E-state index in [4.69, 9.17) is 24.0 Å². The Morgan fingerprint density at radius 2 is 1.35 bits per heavy atom. The van der Waals surface area contributed by atoms with Crippen molar-refractivity contribution in [1.29, 1.82) is 0 Å². The van der Waals surface area contributed by atoms with Gasteiger partial charge in [-0.3, -0.25) is 4.89 Å². The lowest BCUT2D eigenvalue weighted by molar-refractivity contribution is -0.597. The van der Waals surface area contributed by atoms with Crippen LogP contribution < -0.4 is 30.7 Å². The number of carbonyl (C=O) groups excluding carboxylic acids is 1. The molecule has 0 saturated carbocycles. The number of hydrogen-bond acceptors (Lipinski definition) is 6. The van der Waals surface area contributed by atoms with Crippen LogP contribution in [0.3, 0.4) is 0 Å². The predicted molar refractivity (Wildman–Crippen MR) is 113 cm³/mol. The van der Waals surface area contributed by atoms with E-state index in [-0.39, 0.29) is 39.7 Å². The van der Waals surface area contributed by atoms with Crippen LogP contribution in [0, 0.1) is 7.14 Å². The van der Waals surface area contributed by atoms with Gasteiger partial charge < -0.3 is 14.2 Å². The van der Waals surface area contributed by atoms with Crippen LogP contribution >= 0.6 is 0 Å². The summed E-state index contributed by atoms with van der Waals surface area (Å²) in [4.78, 5) is 22.0. The third-order valence-electron chi connectivity index (χ3n) is 3.24. The second-order valence-corrected chi connectivity index (χ2v) is 11.7. The Balaban J connectivity index is 1.82. The fourth-order valence-corrected chi connectivity index (χ4v) is 4.28. The van der Waals surface area contributed by atoms with E-state index in [2.05, 4.69) is 6.58 Å². The van der Waals surface area contributed by atoms with E-state index in [0.29, 0.717) is 11.5 Å². The van der Waals surface area contributed by atoms with Crippen LogP contribution in [0.4, 0.5) is 0 Å². The van der Waals surface area contributed by atoms with Gasteiger partial charge in [-0.1, -0.05) is 0 Å². The molecule has 2 aromatic carbocycles. The first kappa shape index (κ1) is 25.0. The Labute approximate surface area is 194 Å². The molecule has 31 heavy (non-hydrogen) atoms. The summed E-state index contributed by atoms with van der Waals surface area (Å²) in [7, 11) is 0. The summed E-state index contributed by atoms with van der Waals surface area (Å²) >= 11 is -0.363. The van der Waals surface area contributed by atoms with Gasteiger partial charge >= 0.3 is 33.1 Å². The molecule has 0 spiro atoms. The molecule has 0 amide bonds. The molecule has 7 heteroatoms. The number of halogens is 1. The number of ether oxygens (including phenoxy) is 3. The average molecular weight is 541 g/mol. The van der Waals surface area contributed by atoms with E-state index in [0.717, 1.165) is 0 Å². The fourth-order valence-electron chi connectivity index (χ4n) is 2.12. The number of hydrogen-bond donors (Lipinski definition) is 0. The minimum Gasteiger partial charge on any atom is -0.482 e. The molecule has 0 aliphatic heterocycles. The highest BCUT2D eigenvalue weighted by Gasteiger charge is 2.18. The van der Waals surface area contributed by atoms with Crippen LogP contribution in [0.25, 0.3) is 0 Å². The van der Waals surface area contributed by atoms with E-state index in [1.165, 1.54) is 7.14 Å². The van der Waals surface area contributed by atoms with Crippen molar-refractivity contribution in [2.75, 3.05) is 6.61 Å². The molecule has 0 bridgehead atoms. The average Bonchev–Trinajstić information content (AvgIpc) is 2.65. The summed E-state index contributed by atoms with van der Waals surface area (Å²) in [5.74, 6) is 0.961. The molecule has 0 heterocycles. The molecule has 0 aliphatic rings. The van der Waals surface area contributed by atoms with Gasteiger partial charge in [0.15, 0.2) is 13.7 Å². The van der Waals surface area contributed by atoms with E-state index in [1.807, 2.05) is 90.1 Å². The summed E-state index contributed by atoms with van der Waals surface area (Å²) in [5, 5.41) is 0. The van der Waals surface area contributed by atoms with Gasteiger partial charge in [-0.15, -0.1) is 0 Å². The van der Waals surface area contributed by atoms with Crippen LogP contribution in [-0.2, 0) is 19.3 Å². The summed E-state index contributed by atoms with van der Waals surface area (Å²) in [6.07, 6.45) is 0. The number of carbonyl (C=O) groups is 1. The maximum Gasteiger partial charge on any atom is 0.357 e. The summed E-state index contributed by atoms with van der Waals surface area (Å²) < 4.78 is 18.7. The van der Waals surface area contributed by atoms with Gasteiger partial charge in [-0.2, -0.15) is 4.89 Å². The minimum absolute atomic E-state index is 0.0827. The maximum atomic E-state index is 11.7. The monoisotopic (exact) mass is 541 g/mol. The van der Waals surface area contributed by atoms with Crippen molar-refractivity contribution >= 4 is 5.97 Å². The van der Waals surface area contributed by atoms with E-state index in [1.54, 1.807) is 0 Å². The highest BCUT2D eigenvalue weighted by atomic mass is 127. The van der Waals surface area contributed by atoms with Crippen molar-refractivity contribution in [1.82, 2.24) is 0 Å². The summed E-state index contributed by atoms with van der Waals surface area (Å²) in [6, 6.07) is 15.6. The Hall–Kier alpha value is -2.26. The van der Waals surface area contributed by atoms with Gasteiger partial charge in [0.25, 0.3) is 0 Å². The third kappa shape index (κ3) is 10.5. The fraction of sp³-hybridized carbons (Fsp3) is 0.375. The molecule has 0 aliphatic carbocycles. The van der Waals surface area contributed by atoms with Crippen molar-refractivity contribution in [3.05, 3.63) is 68.2 Å². The van der Waals surface area contributed by atoms with Crippen LogP contribution in [0.5, 0.6) is 11.5 Å². The lowest BCUT2D eigenvalue weighted by Crippen LogP contribution is -3.61. The SMILES string of the molecule is C=C(OOC(C)(C)C)Oc1ccc([I+]c2ccc(OCC(=O)OC(C)(C)C)cc2)cc1. The van der Waals surface area contributed by atoms with Gasteiger partial charge in [0.2, 0.25) is 0 Å². The Kier molecular flexibility index (Phi) is 8.76. The van der Waals surface area contributed by atoms with Crippen LogP contribution in [0.1, 0.15) is 41.5 Å². The van der Waals surface area contributed by atoms with Crippen molar-refractivity contribution < 1.29 is 50.0 Å². The van der Waals surface area contributed by atoms with Crippen molar-refractivity contribution in [3.8, 4) is 11.5 Å². The van der Waals surface area contributed by atoms with Crippen LogP contribution in [0.2, 0.25) is 0 Å². The van der Waals surface area contributed by atoms with Gasteiger partial charge in [-0.05, 0) is 96.7 Å². The van der Waals surface area contributed by atoms with E-state index < -0.39 is 11.2 Å². The Morgan fingerprint density at radius 1 is 0.839 bits per heavy atom. The zero-order valence-corrected chi connectivity index (χ0v) is 21.0. The summed E-state index contributed by atoms with van der Waals surface area (Å²) in [5.41, 5.74) is -0.966. The molecule has 168 valence electrons. The van der Waals surface area contributed by atoms with Gasteiger partial charge in [0, 0.05) is 0 Å². The molecule has 2 rings (SSSR count). The molecule has 6 nitrogen and oxygen atoms in total. The first-order valence-electron chi connectivity index (χ1n) is 9.82. The normalized spacial score (nSPS) is 11.5. The predicted octanol–water partition coefficient (Wildman–Crippen LogP) is 2.13. The standard InChI is InChI=1S/C24H30IO6/c1-17(30-31-24(5,6)7)28-21-14-10-19(11-15-21)25-18-8-12-20(13-9-18)27-16-22(26)29-23(2,3)4/h8-15H,1,16H2,2-7H3/q+1. The molecule has 0 saturated heterocycles. The largest absolute Gasteiger partial charge is 0.482 e. The quantitative estimate of drug-likeness (QED) is 0.160. The second-order valence-electron chi connectivity index (χ2n) is 8.63. The molecule has 0 N–H and O–H groups in total. The molecule has 0 radical (unpaired) electrons. The molecule has 0 atom stereocenters. The first-order valence-corrected chi connectivity index (χ1v) is 12.0. The topological polar surface area (TPSA) is 63.2 Å². The Morgan fingerprint density at radius 3 is 1.84 bits per heavy atom. The zero-order chi connectivity index (χ0) is 23.1. The molecule has 0 aromatic heterocycles. The molecular weight excluding hydrogens is 511 g/mol. The smallest absolute Gasteiger partial charge is 0.357 e. The van der Waals surface area contributed by atoms with E-state index >= 15 is 0 Å². The second kappa shape index (κ2) is 10.9. The van der Waals surface area contributed by atoms with Crippen LogP contribution in [-0.4, -0.2) is 23.8 Å². The first-order chi connectivity index (χ1) is 14.4. The minimum atomic E-state index is -0.518. The van der Waals surface area contributed by atoms with Crippen molar-refractivity contribution in [3.63, 3.8) is 0 Å². The lowest BCUT2D eigenvalue weighted by Gasteiger charge is -2.19. The molecule has 0 unspecified atom stereocenters. The van der Waals surface area contributed by atoms with Gasteiger partial charge in [0.1, 0.15) is 22.7 Å². The maximum absolute atomic E-state index is 11.7. The number of rotatable bonds is 9. The van der Waals surface area contributed by atoms with Crippen molar-refractivity contribution in [2.45, 2.75) is 52.7 Å². The Bertz CT molecular complexity index is 861. The summed E-state index contributed by atoms with van der Waals surface area (Å²) in [6.45, 7) is 14.7. The van der Waals surface area contributed by atoms with Gasteiger partial charge in [-0.25, -0.2) is 4.79 Å². The number of esters is 1. The molecule has 2 aromatic rings. The highest BCUT2D eigenvalue weighted by Crippen LogP contribution is 2.15. The number of benzene rings is 2. The van der Waals surface area contributed by atoms with E-state index in [9.17, 15) is 4.79 Å². The lowest BCUT2D eigenvalue weighted by atomic mass is 10.2. The molecular formula is C24H30IO6+. The van der Waals surface area contributed by atoms with Crippen molar-refractivity contribution in [2.24, 2.45) is 0 Å². The van der Waals surface area contributed by atoms with Crippen LogP contribution in [0.15, 0.2) is 61.1 Å². The molecule has 0 fully saturated rings. The third-order valence-corrected chi connectivity index (χ3v) is 5.92. The van der Waals surface area contributed by atoms with Gasteiger partial charge in [0.05, 0.1) is 0 Å². The zero-order valence-electron chi connectivity index (χ0n) is 18.9. The highest BCUT2D eigenvalue weighted by molar-refractivity contribution is 5.71.